The van der Waals surface area contributed by atoms with Crippen molar-refractivity contribution >= 4 is 0 Å². The fourth-order valence-corrected chi connectivity index (χ4v) is 3.89. The molecular weight excluding hydrogens is 236 g/mol. The second-order valence-corrected chi connectivity index (χ2v) is 6.61. The van der Waals surface area contributed by atoms with Gasteiger partial charge in [0.05, 0.1) is 6.61 Å². The van der Waals surface area contributed by atoms with Gasteiger partial charge in [0.2, 0.25) is 0 Å². The molecular formula is C16H32N2O. The van der Waals surface area contributed by atoms with E-state index >= 15 is 0 Å². The monoisotopic (exact) mass is 268 g/mol. The van der Waals surface area contributed by atoms with E-state index in [1.807, 2.05) is 7.11 Å². The molecule has 0 aliphatic heterocycles. The quantitative estimate of drug-likeness (QED) is 0.722. The number of hydrogen-bond donors (Lipinski definition) is 1. The summed E-state index contributed by atoms with van der Waals surface area (Å²) in [6.07, 6.45) is 10.8. The van der Waals surface area contributed by atoms with E-state index in [2.05, 4.69) is 11.8 Å². The van der Waals surface area contributed by atoms with Gasteiger partial charge in [0.15, 0.2) is 0 Å². The summed E-state index contributed by atoms with van der Waals surface area (Å²) in [4.78, 5) is 2.72. The minimum absolute atomic E-state index is 0.247. The molecule has 112 valence electrons. The minimum atomic E-state index is 0.247. The van der Waals surface area contributed by atoms with Crippen LogP contribution < -0.4 is 5.73 Å². The van der Waals surface area contributed by atoms with Crippen LogP contribution in [0.1, 0.15) is 58.3 Å². The molecule has 2 saturated carbocycles. The summed E-state index contributed by atoms with van der Waals surface area (Å²) < 4.78 is 5.35. The second kappa shape index (κ2) is 7.05. The fraction of sp³-hybridized carbons (Fsp3) is 1.00. The Morgan fingerprint density at radius 3 is 2.32 bits per heavy atom. The molecule has 1 atom stereocenters. The lowest BCUT2D eigenvalue weighted by Crippen LogP contribution is -2.58. The summed E-state index contributed by atoms with van der Waals surface area (Å²) in [5, 5.41) is 0. The van der Waals surface area contributed by atoms with Crippen LogP contribution in [-0.4, -0.2) is 43.3 Å². The normalized spacial score (nSPS) is 25.3. The summed E-state index contributed by atoms with van der Waals surface area (Å²) in [6, 6.07) is 0.678. The summed E-state index contributed by atoms with van der Waals surface area (Å²) >= 11 is 0. The van der Waals surface area contributed by atoms with Gasteiger partial charge in [-0.05, 0) is 38.5 Å². The van der Waals surface area contributed by atoms with Crippen molar-refractivity contribution in [1.82, 2.24) is 4.90 Å². The lowest BCUT2D eigenvalue weighted by Gasteiger charge is -2.47. The smallest absolute Gasteiger partial charge is 0.0590 e. The van der Waals surface area contributed by atoms with Crippen molar-refractivity contribution in [1.29, 1.82) is 0 Å². The highest BCUT2D eigenvalue weighted by Gasteiger charge is 2.42. The number of nitrogens with two attached hydrogens (primary N) is 1. The van der Waals surface area contributed by atoms with Crippen LogP contribution in [0.3, 0.4) is 0 Å². The van der Waals surface area contributed by atoms with Gasteiger partial charge < -0.3 is 10.5 Å². The van der Waals surface area contributed by atoms with E-state index in [4.69, 9.17) is 10.5 Å². The van der Waals surface area contributed by atoms with Gasteiger partial charge in [0.25, 0.3) is 0 Å². The number of ether oxygens (including phenoxy) is 1. The van der Waals surface area contributed by atoms with Crippen molar-refractivity contribution in [3.63, 3.8) is 0 Å². The number of nitrogens with zero attached hydrogens (tertiary/aromatic N) is 1. The first-order chi connectivity index (χ1) is 9.23. The molecule has 0 heterocycles. The average Bonchev–Trinajstić information content (AvgIpc) is 3.26. The molecule has 3 heteroatoms. The van der Waals surface area contributed by atoms with Crippen molar-refractivity contribution in [2.45, 2.75) is 69.9 Å². The fourth-order valence-electron chi connectivity index (χ4n) is 3.89. The molecule has 0 bridgehead atoms. The molecule has 2 fully saturated rings. The molecule has 0 aromatic carbocycles. The van der Waals surface area contributed by atoms with Gasteiger partial charge in [-0.25, -0.2) is 0 Å². The molecule has 1 unspecified atom stereocenters. The van der Waals surface area contributed by atoms with Crippen LogP contribution in [0.4, 0.5) is 0 Å². The first-order valence-corrected chi connectivity index (χ1v) is 8.19. The maximum absolute atomic E-state index is 6.26. The summed E-state index contributed by atoms with van der Waals surface area (Å²) in [7, 11) is 1.81. The predicted octanol–water partition coefficient (Wildman–Crippen LogP) is 2.79. The van der Waals surface area contributed by atoms with E-state index in [1.165, 1.54) is 51.4 Å². The zero-order valence-corrected chi connectivity index (χ0v) is 12.9. The van der Waals surface area contributed by atoms with Crippen LogP contribution in [0.25, 0.3) is 0 Å². The lowest BCUT2D eigenvalue weighted by molar-refractivity contribution is 0.0112. The molecule has 3 nitrogen and oxygen atoms in total. The maximum atomic E-state index is 6.26. The Labute approximate surface area is 118 Å². The Hall–Kier alpha value is -0.120. The van der Waals surface area contributed by atoms with Crippen LogP contribution in [-0.2, 0) is 4.74 Å². The van der Waals surface area contributed by atoms with E-state index in [-0.39, 0.29) is 5.54 Å². The Kier molecular flexibility index (Phi) is 5.67. The SMILES string of the molecule is COCCN(C(C)C1CC1)C1(CN)CCCCCC1. The average molecular weight is 268 g/mol. The van der Waals surface area contributed by atoms with E-state index in [9.17, 15) is 0 Å². The van der Waals surface area contributed by atoms with Crippen molar-refractivity contribution < 1.29 is 4.74 Å². The van der Waals surface area contributed by atoms with E-state index in [1.54, 1.807) is 0 Å². The maximum Gasteiger partial charge on any atom is 0.0590 e. The Morgan fingerprint density at radius 2 is 1.84 bits per heavy atom. The van der Waals surface area contributed by atoms with Gasteiger partial charge in [0, 0.05) is 31.8 Å². The van der Waals surface area contributed by atoms with E-state index < -0.39 is 0 Å². The first kappa shape index (κ1) is 15.3. The molecule has 0 aromatic rings. The van der Waals surface area contributed by atoms with Gasteiger partial charge in [-0.3, -0.25) is 4.90 Å². The number of rotatable bonds is 7. The zero-order chi connectivity index (χ0) is 13.7. The molecule has 0 amide bonds. The van der Waals surface area contributed by atoms with Crippen molar-refractivity contribution in [3.05, 3.63) is 0 Å². The van der Waals surface area contributed by atoms with Crippen molar-refractivity contribution in [2.75, 3.05) is 26.8 Å². The van der Waals surface area contributed by atoms with Crippen molar-refractivity contribution in [2.24, 2.45) is 11.7 Å². The highest BCUT2D eigenvalue weighted by atomic mass is 16.5. The first-order valence-electron chi connectivity index (χ1n) is 8.19. The van der Waals surface area contributed by atoms with Crippen LogP contribution in [0.15, 0.2) is 0 Å². The van der Waals surface area contributed by atoms with Crippen LogP contribution >= 0.6 is 0 Å². The van der Waals surface area contributed by atoms with Crippen molar-refractivity contribution in [3.8, 4) is 0 Å². The minimum Gasteiger partial charge on any atom is -0.383 e. The summed E-state index contributed by atoms with van der Waals surface area (Å²) in [5.74, 6) is 0.906. The predicted molar refractivity (Wildman–Crippen MR) is 80.3 cm³/mol. The highest BCUT2D eigenvalue weighted by molar-refractivity contribution is 4.98. The third kappa shape index (κ3) is 3.71. The van der Waals surface area contributed by atoms with Gasteiger partial charge >= 0.3 is 0 Å². The van der Waals surface area contributed by atoms with Gasteiger partial charge in [-0.15, -0.1) is 0 Å². The summed E-state index contributed by atoms with van der Waals surface area (Å²) in [6.45, 7) is 5.10. The van der Waals surface area contributed by atoms with E-state index in [0.29, 0.717) is 6.04 Å². The molecule has 19 heavy (non-hydrogen) atoms. The molecule has 2 aliphatic carbocycles. The Balaban J connectivity index is 2.11. The molecule has 0 radical (unpaired) electrons. The molecule has 2 N–H and O–H groups in total. The van der Waals surface area contributed by atoms with E-state index in [0.717, 1.165) is 25.6 Å². The molecule has 2 aliphatic rings. The van der Waals surface area contributed by atoms with Gasteiger partial charge in [-0.2, -0.15) is 0 Å². The number of hydrogen-bond acceptors (Lipinski definition) is 3. The van der Waals surface area contributed by atoms with Gasteiger partial charge in [0.1, 0.15) is 0 Å². The topological polar surface area (TPSA) is 38.5 Å². The van der Waals surface area contributed by atoms with Crippen LogP contribution in [0.5, 0.6) is 0 Å². The van der Waals surface area contributed by atoms with Crippen LogP contribution in [0, 0.1) is 5.92 Å². The molecule has 2 rings (SSSR count). The van der Waals surface area contributed by atoms with Gasteiger partial charge in [-0.1, -0.05) is 25.7 Å². The standard InChI is InChI=1S/C16H32N2O/c1-14(15-7-8-15)18(11-12-19-2)16(13-17)9-5-3-4-6-10-16/h14-15H,3-13,17H2,1-2H3. The lowest BCUT2D eigenvalue weighted by atomic mass is 9.86. The molecule has 0 saturated heterocycles. The number of methoxy groups -OCH3 is 1. The Bertz CT molecular complexity index is 257. The second-order valence-electron chi connectivity index (χ2n) is 6.61. The molecule has 0 aromatic heterocycles. The molecule has 0 spiro atoms. The van der Waals surface area contributed by atoms with Crippen LogP contribution in [0.2, 0.25) is 0 Å². The summed E-state index contributed by atoms with van der Waals surface area (Å²) in [5.41, 5.74) is 6.50. The largest absolute Gasteiger partial charge is 0.383 e. The third-order valence-corrected chi connectivity index (χ3v) is 5.36. The third-order valence-electron chi connectivity index (χ3n) is 5.36. The Morgan fingerprint density at radius 1 is 1.21 bits per heavy atom. The highest BCUT2D eigenvalue weighted by Crippen LogP contribution is 2.41. The zero-order valence-electron chi connectivity index (χ0n) is 12.9.